The molecule has 0 bridgehead atoms. The average molecular weight is 483 g/mol. The number of hydrogen-bond acceptors (Lipinski definition) is 5. The van der Waals surface area contributed by atoms with Gasteiger partial charge in [0.15, 0.2) is 0 Å². The van der Waals surface area contributed by atoms with E-state index in [1.165, 1.54) is 19.2 Å². The van der Waals surface area contributed by atoms with E-state index in [4.69, 9.17) is 14.7 Å². The number of pyridine rings is 2. The molecule has 0 aliphatic carbocycles. The highest BCUT2D eigenvalue weighted by molar-refractivity contribution is 6.14. The monoisotopic (exact) mass is 482 g/mol. The molecule has 0 aliphatic rings. The summed E-state index contributed by atoms with van der Waals surface area (Å²) in [5.41, 5.74) is 7.32. The Labute approximate surface area is 208 Å². The van der Waals surface area contributed by atoms with Crippen LogP contribution in [0, 0.1) is 19.7 Å². The molecule has 0 amide bonds. The van der Waals surface area contributed by atoms with Crippen LogP contribution in [0.25, 0.3) is 33.5 Å². The predicted octanol–water partition coefficient (Wildman–Crippen LogP) is 5.65. The number of fused-ring (bicyclic) bond motifs is 1. The van der Waals surface area contributed by atoms with Crippen molar-refractivity contribution in [2.45, 2.75) is 20.8 Å². The molecule has 0 saturated carbocycles. The Balaban J connectivity index is 1.65. The maximum Gasteiger partial charge on any atom is 0.127 e. The van der Waals surface area contributed by atoms with Gasteiger partial charge in [-0.15, -0.1) is 0 Å². The number of aromatic nitrogens is 5. The fourth-order valence-electron chi connectivity index (χ4n) is 4.33. The van der Waals surface area contributed by atoms with E-state index in [1.54, 1.807) is 12.3 Å². The minimum Gasteiger partial charge on any atom is -0.497 e. The lowest BCUT2D eigenvalue weighted by Crippen LogP contribution is -2.10. The Hall–Kier alpha value is -4.33. The number of hydrogen-bond donors (Lipinski definition) is 1. The number of H-pyrrole nitrogens is 1. The van der Waals surface area contributed by atoms with E-state index in [2.05, 4.69) is 21.0 Å². The van der Waals surface area contributed by atoms with Crippen molar-refractivity contribution >= 4 is 16.6 Å². The molecule has 8 heteroatoms. The maximum absolute atomic E-state index is 14.3. The van der Waals surface area contributed by atoms with Gasteiger partial charge in [0.05, 0.1) is 41.8 Å². The first-order valence-corrected chi connectivity index (χ1v) is 11.7. The van der Waals surface area contributed by atoms with Crippen molar-refractivity contribution in [1.29, 1.82) is 0 Å². The number of nitrogens with zero attached hydrogens (tertiary/aromatic N) is 5. The quantitative estimate of drug-likeness (QED) is 0.317. The molecule has 36 heavy (non-hydrogen) atoms. The molecule has 5 aromatic rings. The van der Waals surface area contributed by atoms with Crippen LogP contribution in [0.15, 0.2) is 59.9 Å². The predicted molar refractivity (Wildman–Crippen MR) is 140 cm³/mol. The summed E-state index contributed by atoms with van der Waals surface area (Å²) in [6.07, 6.45) is 3.54. The van der Waals surface area contributed by atoms with Crippen LogP contribution in [-0.4, -0.2) is 43.9 Å². The number of aryl methyl sites for hydroxylation is 2. The molecule has 0 aliphatic heterocycles. The Morgan fingerprint density at radius 2 is 1.94 bits per heavy atom. The molecule has 5 rings (SSSR count). The molecule has 7 nitrogen and oxygen atoms in total. The lowest BCUT2D eigenvalue weighted by atomic mass is 10.0. The van der Waals surface area contributed by atoms with Crippen LogP contribution in [0.4, 0.5) is 4.39 Å². The number of ether oxygens (including phenoxy) is 1. The van der Waals surface area contributed by atoms with Crippen LogP contribution in [-0.2, 0) is 7.05 Å². The summed E-state index contributed by atoms with van der Waals surface area (Å²) >= 11 is 0. The third-order valence-corrected chi connectivity index (χ3v) is 6.30. The van der Waals surface area contributed by atoms with Gasteiger partial charge in [0.25, 0.3) is 0 Å². The fraction of sp³-hybridized carbons (Fsp3) is 0.214. The summed E-state index contributed by atoms with van der Waals surface area (Å²) < 4.78 is 21.5. The summed E-state index contributed by atoms with van der Waals surface area (Å²) in [6.45, 7) is 6.58. The number of rotatable bonds is 6. The minimum absolute atomic E-state index is 0.380. The third-order valence-electron chi connectivity index (χ3n) is 6.30. The van der Waals surface area contributed by atoms with Crippen molar-refractivity contribution in [3.05, 3.63) is 83.5 Å². The largest absolute Gasteiger partial charge is 0.497 e. The lowest BCUT2D eigenvalue weighted by molar-refractivity contribution is 0.411. The van der Waals surface area contributed by atoms with Crippen molar-refractivity contribution in [2.75, 3.05) is 13.7 Å². The van der Waals surface area contributed by atoms with Gasteiger partial charge >= 0.3 is 0 Å². The summed E-state index contributed by atoms with van der Waals surface area (Å²) in [4.78, 5) is 22.3. The zero-order valence-corrected chi connectivity index (χ0v) is 20.9. The number of methoxy groups -OCH3 is 1. The van der Waals surface area contributed by atoms with E-state index in [0.717, 1.165) is 50.8 Å². The van der Waals surface area contributed by atoms with Crippen molar-refractivity contribution in [1.82, 2.24) is 24.5 Å². The van der Waals surface area contributed by atoms with E-state index in [9.17, 15) is 4.39 Å². The van der Waals surface area contributed by atoms with Gasteiger partial charge in [-0.2, -0.15) is 0 Å². The number of halogens is 1. The van der Waals surface area contributed by atoms with Gasteiger partial charge in [-0.3, -0.25) is 9.98 Å². The van der Waals surface area contributed by atoms with Crippen LogP contribution in [0.5, 0.6) is 5.75 Å². The second kappa shape index (κ2) is 9.37. The first kappa shape index (κ1) is 23.4. The number of benzene rings is 1. The second-order valence-corrected chi connectivity index (χ2v) is 8.62. The lowest BCUT2D eigenvalue weighted by Gasteiger charge is -2.11. The highest BCUT2D eigenvalue weighted by Crippen LogP contribution is 2.31. The maximum atomic E-state index is 14.3. The summed E-state index contributed by atoms with van der Waals surface area (Å²) in [5, 5.41) is 0.861. The van der Waals surface area contributed by atoms with Gasteiger partial charge in [0.1, 0.15) is 23.1 Å². The number of imidazole rings is 1. The van der Waals surface area contributed by atoms with E-state index >= 15 is 0 Å². The molecular formula is C28H27FN6O. The van der Waals surface area contributed by atoms with Crippen molar-refractivity contribution in [3.8, 4) is 28.4 Å². The van der Waals surface area contributed by atoms with Crippen LogP contribution in [0.2, 0.25) is 0 Å². The number of nitrogens with one attached hydrogen (secondary N) is 1. The number of aromatic amines is 1. The Morgan fingerprint density at radius 1 is 1.11 bits per heavy atom. The molecule has 4 aromatic heterocycles. The summed E-state index contributed by atoms with van der Waals surface area (Å²) in [7, 11) is 3.50. The molecule has 0 unspecified atom stereocenters. The van der Waals surface area contributed by atoms with Gasteiger partial charge < -0.3 is 14.3 Å². The molecule has 0 radical (unpaired) electrons. The first-order chi connectivity index (χ1) is 17.4. The van der Waals surface area contributed by atoms with Crippen LogP contribution < -0.4 is 4.74 Å². The van der Waals surface area contributed by atoms with Crippen molar-refractivity contribution in [3.63, 3.8) is 0 Å². The summed E-state index contributed by atoms with van der Waals surface area (Å²) in [6, 6.07) is 12.6. The fourth-order valence-corrected chi connectivity index (χ4v) is 4.33. The number of aliphatic imine (C=N–C) groups is 1. The van der Waals surface area contributed by atoms with Crippen LogP contribution >= 0.6 is 0 Å². The molecule has 182 valence electrons. The standard InChI is InChI=1S/C28H27FN6O/c1-6-30-28(26-16(2)7-8-23(34-26)25-15-32-17(3)35(25)4)24-14-21-22(33-24)9-10-31-27(21)18-11-19(29)13-20(12-18)36-5/h7-15,33H,6H2,1-5H3. The van der Waals surface area contributed by atoms with E-state index < -0.39 is 0 Å². The van der Waals surface area contributed by atoms with Gasteiger partial charge in [-0.1, -0.05) is 6.07 Å². The van der Waals surface area contributed by atoms with Crippen molar-refractivity contribution < 1.29 is 9.13 Å². The molecule has 4 heterocycles. The third kappa shape index (κ3) is 4.15. The normalized spacial score (nSPS) is 11.9. The van der Waals surface area contributed by atoms with Gasteiger partial charge in [-0.25, -0.2) is 14.4 Å². The van der Waals surface area contributed by atoms with E-state index in [1.807, 2.05) is 56.8 Å². The van der Waals surface area contributed by atoms with E-state index in [-0.39, 0.29) is 5.82 Å². The molecule has 1 N–H and O–H groups in total. The molecule has 0 spiro atoms. The topological polar surface area (TPSA) is 81.0 Å². The van der Waals surface area contributed by atoms with Crippen LogP contribution in [0.1, 0.15) is 29.7 Å². The summed E-state index contributed by atoms with van der Waals surface area (Å²) in [5.74, 6) is 0.977. The Bertz CT molecular complexity index is 1610. The average Bonchev–Trinajstić information content (AvgIpc) is 3.45. The smallest absolute Gasteiger partial charge is 0.127 e. The molecule has 0 atom stereocenters. The van der Waals surface area contributed by atoms with Gasteiger partial charge in [0.2, 0.25) is 0 Å². The van der Waals surface area contributed by atoms with Crippen molar-refractivity contribution in [2.24, 2.45) is 12.0 Å². The minimum atomic E-state index is -0.380. The molecule has 1 aromatic carbocycles. The zero-order valence-electron chi connectivity index (χ0n) is 20.9. The van der Waals surface area contributed by atoms with Gasteiger partial charge in [-0.05, 0) is 56.7 Å². The Kier molecular flexibility index (Phi) is 6.10. The highest BCUT2D eigenvalue weighted by atomic mass is 19.1. The molecular weight excluding hydrogens is 455 g/mol. The van der Waals surface area contributed by atoms with Gasteiger partial charge in [0, 0.05) is 42.3 Å². The van der Waals surface area contributed by atoms with E-state index in [0.29, 0.717) is 23.6 Å². The molecule has 0 saturated heterocycles. The Morgan fingerprint density at radius 3 is 2.67 bits per heavy atom. The molecule has 0 fully saturated rings. The SMILES string of the molecule is CCN=C(c1cc2c(-c3cc(F)cc(OC)c3)nccc2[nH]1)c1nc(-c2cnc(C)n2C)ccc1C. The van der Waals surface area contributed by atoms with Crippen LogP contribution in [0.3, 0.4) is 0 Å². The zero-order chi connectivity index (χ0) is 25.4. The highest BCUT2D eigenvalue weighted by Gasteiger charge is 2.19. The second-order valence-electron chi connectivity index (χ2n) is 8.62. The first-order valence-electron chi connectivity index (χ1n) is 11.7.